The van der Waals surface area contributed by atoms with Crippen molar-refractivity contribution in [2.75, 3.05) is 11.9 Å². The van der Waals surface area contributed by atoms with E-state index in [9.17, 15) is 18.7 Å². The highest BCUT2D eigenvalue weighted by Gasteiger charge is 2.28. The number of halogens is 2. The van der Waals surface area contributed by atoms with Gasteiger partial charge >= 0.3 is 0 Å². The van der Waals surface area contributed by atoms with E-state index in [1.807, 2.05) is 0 Å². The van der Waals surface area contributed by atoms with E-state index in [-0.39, 0.29) is 17.3 Å². The summed E-state index contributed by atoms with van der Waals surface area (Å²) in [4.78, 5) is 15.5. The van der Waals surface area contributed by atoms with Crippen molar-refractivity contribution in [1.29, 1.82) is 0 Å². The molecular formula is C12H15F2N3O2. The van der Waals surface area contributed by atoms with Crippen molar-refractivity contribution < 1.29 is 18.7 Å². The molecule has 0 spiro atoms. The molecule has 1 fully saturated rings. The first-order valence-corrected chi connectivity index (χ1v) is 5.93. The Morgan fingerprint density at radius 2 is 2.32 bits per heavy atom. The lowest BCUT2D eigenvalue weighted by atomic mass is 10.1. The lowest BCUT2D eigenvalue weighted by molar-refractivity contribution is -0.118. The summed E-state index contributed by atoms with van der Waals surface area (Å²) in [5.74, 6) is -3.08. The van der Waals surface area contributed by atoms with E-state index in [0.29, 0.717) is 13.0 Å². The smallest absolute Gasteiger partial charge is 0.272 e. The number of hydrogen-bond donors (Lipinski definition) is 3. The zero-order valence-corrected chi connectivity index (χ0v) is 10.4. The highest BCUT2D eigenvalue weighted by atomic mass is 19.3. The summed E-state index contributed by atoms with van der Waals surface area (Å²) in [6.07, 6.45) is 0.827. The highest BCUT2D eigenvalue weighted by molar-refractivity contribution is 5.94. The number of aliphatic hydroxyl groups is 1. The fourth-order valence-corrected chi connectivity index (χ4v) is 1.86. The van der Waals surface area contributed by atoms with E-state index in [0.717, 1.165) is 13.1 Å². The number of pyridine rings is 1. The first-order chi connectivity index (χ1) is 8.86. The first kappa shape index (κ1) is 13.8. The van der Waals surface area contributed by atoms with Gasteiger partial charge in [0.15, 0.2) is 0 Å². The normalized spacial score (nSPS) is 23.4. The van der Waals surface area contributed by atoms with Crippen LogP contribution in [0, 0.1) is 0 Å². The second-order valence-corrected chi connectivity index (χ2v) is 4.66. The van der Waals surface area contributed by atoms with Gasteiger partial charge in [0.2, 0.25) is 5.91 Å². The minimum absolute atomic E-state index is 0.208. The summed E-state index contributed by atoms with van der Waals surface area (Å²) >= 11 is 0. The number of aliphatic hydroxyl groups excluding tert-OH is 1. The molecule has 5 nitrogen and oxygen atoms in total. The van der Waals surface area contributed by atoms with Crippen molar-refractivity contribution in [2.24, 2.45) is 0 Å². The van der Waals surface area contributed by atoms with Crippen LogP contribution >= 0.6 is 0 Å². The zero-order chi connectivity index (χ0) is 14.0. The van der Waals surface area contributed by atoms with Crippen molar-refractivity contribution in [2.45, 2.75) is 31.4 Å². The van der Waals surface area contributed by atoms with Crippen LogP contribution in [0.1, 0.15) is 18.9 Å². The number of aromatic nitrogens is 1. The van der Waals surface area contributed by atoms with E-state index in [1.54, 1.807) is 0 Å². The third kappa shape index (κ3) is 3.45. The molecule has 1 aliphatic heterocycles. The Hall–Kier alpha value is -1.60. The molecule has 1 aromatic heterocycles. The van der Waals surface area contributed by atoms with Crippen molar-refractivity contribution >= 4 is 11.7 Å². The Morgan fingerprint density at radius 3 is 2.79 bits per heavy atom. The summed E-state index contributed by atoms with van der Waals surface area (Å²) < 4.78 is 25.9. The summed E-state index contributed by atoms with van der Waals surface area (Å²) in [6, 6.07) is 2.07. The quantitative estimate of drug-likeness (QED) is 0.762. The van der Waals surface area contributed by atoms with Gasteiger partial charge < -0.3 is 15.7 Å². The van der Waals surface area contributed by atoms with Crippen molar-refractivity contribution in [1.82, 2.24) is 10.3 Å². The van der Waals surface area contributed by atoms with Crippen LogP contribution in [0.25, 0.3) is 0 Å². The van der Waals surface area contributed by atoms with Gasteiger partial charge in [-0.15, -0.1) is 0 Å². The van der Waals surface area contributed by atoms with Crippen LogP contribution in [0.2, 0.25) is 0 Å². The number of anilines is 1. The molecule has 19 heavy (non-hydrogen) atoms. The molecule has 7 heteroatoms. The van der Waals surface area contributed by atoms with Crippen LogP contribution in [0.3, 0.4) is 0 Å². The summed E-state index contributed by atoms with van der Waals surface area (Å²) in [7, 11) is 0. The highest BCUT2D eigenvalue weighted by Crippen LogP contribution is 2.26. The number of rotatable bonds is 3. The van der Waals surface area contributed by atoms with E-state index in [1.165, 1.54) is 12.1 Å². The van der Waals surface area contributed by atoms with Crippen molar-refractivity contribution in [3.8, 4) is 0 Å². The van der Waals surface area contributed by atoms with Crippen LogP contribution in [-0.4, -0.2) is 34.7 Å². The number of nitrogens with one attached hydrogen (secondary N) is 2. The summed E-state index contributed by atoms with van der Waals surface area (Å²) in [6.45, 7) is 1.15. The molecular weight excluding hydrogens is 256 g/mol. The standard InChI is InChI=1S/C12H15F2N3O2/c1-12(13,14)7-2-3-10(16-5-7)17-11(19)9-4-8(18)6-15-9/h2-3,5,8-9,15,18H,4,6H2,1H3,(H,16,17,19). The molecule has 104 valence electrons. The lowest BCUT2D eigenvalue weighted by Gasteiger charge is -2.12. The van der Waals surface area contributed by atoms with Crippen LogP contribution in [0.4, 0.5) is 14.6 Å². The van der Waals surface area contributed by atoms with Gasteiger partial charge in [-0.3, -0.25) is 4.79 Å². The number of β-amino-alcohol motifs (C(OH)–C–C–N with tert-alkyl or cyclic N) is 1. The monoisotopic (exact) mass is 271 g/mol. The molecule has 3 N–H and O–H groups in total. The molecule has 0 radical (unpaired) electrons. The Balaban J connectivity index is 1.98. The van der Waals surface area contributed by atoms with Gasteiger partial charge in [0.1, 0.15) is 5.82 Å². The van der Waals surface area contributed by atoms with Gasteiger partial charge in [0.05, 0.1) is 12.1 Å². The Bertz CT molecular complexity index is 459. The third-order valence-electron chi connectivity index (χ3n) is 2.95. The molecule has 0 aromatic carbocycles. The van der Waals surface area contributed by atoms with Crippen LogP contribution in [-0.2, 0) is 10.7 Å². The minimum Gasteiger partial charge on any atom is -0.392 e. The maximum Gasteiger partial charge on any atom is 0.272 e. The summed E-state index contributed by atoms with van der Waals surface area (Å²) in [5, 5.41) is 14.7. The van der Waals surface area contributed by atoms with Gasteiger partial charge in [0, 0.05) is 25.2 Å². The molecule has 0 bridgehead atoms. The average molecular weight is 271 g/mol. The third-order valence-corrected chi connectivity index (χ3v) is 2.95. The van der Waals surface area contributed by atoms with Crippen molar-refractivity contribution in [3.05, 3.63) is 23.9 Å². The van der Waals surface area contributed by atoms with Gasteiger partial charge in [-0.1, -0.05) is 0 Å². The topological polar surface area (TPSA) is 74.2 Å². The van der Waals surface area contributed by atoms with E-state index >= 15 is 0 Å². The fraction of sp³-hybridized carbons (Fsp3) is 0.500. The molecule has 1 saturated heterocycles. The van der Waals surface area contributed by atoms with Crippen LogP contribution in [0.5, 0.6) is 0 Å². The molecule has 2 atom stereocenters. The minimum atomic E-state index is -2.95. The van der Waals surface area contributed by atoms with Crippen LogP contribution in [0.15, 0.2) is 18.3 Å². The van der Waals surface area contributed by atoms with Gasteiger partial charge in [0.25, 0.3) is 5.92 Å². The lowest BCUT2D eigenvalue weighted by Crippen LogP contribution is -2.35. The number of amides is 1. The van der Waals surface area contributed by atoms with Gasteiger partial charge in [-0.05, 0) is 18.6 Å². The Labute approximate surface area is 109 Å². The average Bonchev–Trinajstić information content (AvgIpc) is 2.75. The molecule has 2 rings (SSSR count). The second kappa shape index (κ2) is 5.18. The molecule has 2 heterocycles. The van der Waals surface area contributed by atoms with E-state index in [2.05, 4.69) is 15.6 Å². The summed E-state index contributed by atoms with van der Waals surface area (Å²) in [5.41, 5.74) is -0.208. The number of carbonyl (C=O) groups is 1. The molecule has 2 unspecified atom stereocenters. The van der Waals surface area contributed by atoms with E-state index in [4.69, 9.17) is 0 Å². The first-order valence-electron chi connectivity index (χ1n) is 5.93. The number of alkyl halides is 2. The van der Waals surface area contributed by atoms with Crippen molar-refractivity contribution in [3.63, 3.8) is 0 Å². The van der Waals surface area contributed by atoms with E-state index < -0.39 is 18.1 Å². The molecule has 0 aliphatic carbocycles. The molecule has 1 aliphatic rings. The number of hydrogen-bond acceptors (Lipinski definition) is 4. The predicted octanol–water partition coefficient (Wildman–Crippen LogP) is 0.855. The largest absolute Gasteiger partial charge is 0.392 e. The van der Waals surface area contributed by atoms with Gasteiger partial charge in [-0.2, -0.15) is 0 Å². The SMILES string of the molecule is CC(F)(F)c1ccc(NC(=O)C2CC(O)CN2)nc1. The maximum absolute atomic E-state index is 13.0. The second-order valence-electron chi connectivity index (χ2n) is 4.66. The molecule has 1 amide bonds. The zero-order valence-electron chi connectivity index (χ0n) is 10.4. The number of carbonyl (C=O) groups excluding carboxylic acids is 1. The number of nitrogens with zero attached hydrogens (tertiary/aromatic N) is 1. The maximum atomic E-state index is 13.0. The molecule has 1 aromatic rings. The Morgan fingerprint density at radius 1 is 1.58 bits per heavy atom. The van der Waals surface area contributed by atoms with Gasteiger partial charge in [-0.25, -0.2) is 13.8 Å². The Kier molecular flexibility index (Phi) is 3.77. The van der Waals surface area contributed by atoms with Crippen LogP contribution < -0.4 is 10.6 Å². The fourth-order valence-electron chi connectivity index (χ4n) is 1.86. The molecule has 0 saturated carbocycles. The predicted molar refractivity (Wildman–Crippen MR) is 64.8 cm³/mol.